The van der Waals surface area contributed by atoms with Gasteiger partial charge < -0.3 is 30.0 Å². The van der Waals surface area contributed by atoms with Crippen LogP contribution in [0.15, 0.2) is 23.8 Å². The summed E-state index contributed by atoms with van der Waals surface area (Å²) in [7, 11) is 0. The molecule has 8 atom stereocenters. The van der Waals surface area contributed by atoms with Crippen LogP contribution in [-0.4, -0.2) is 51.7 Å². The van der Waals surface area contributed by atoms with Crippen LogP contribution >= 0.6 is 0 Å². The van der Waals surface area contributed by atoms with Crippen molar-refractivity contribution in [3.63, 3.8) is 0 Å². The van der Waals surface area contributed by atoms with Gasteiger partial charge in [-0.1, -0.05) is 32.1 Å². The average molecular weight is 475 g/mol. The predicted molar refractivity (Wildman–Crippen MR) is 118 cm³/mol. The van der Waals surface area contributed by atoms with Gasteiger partial charge in [-0.3, -0.25) is 4.79 Å². The van der Waals surface area contributed by atoms with E-state index < -0.39 is 42.1 Å². The summed E-state index contributed by atoms with van der Waals surface area (Å²) in [5.41, 5.74) is 0.118. The Morgan fingerprint density at radius 3 is 2.42 bits per heavy atom. The van der Waals surface area contributed by atoms with Crippen LogP contribution in [0.3, 0.4) is 0 Å². The van der Waals surface area contributed by atoms with E-state index in [-0.39, 0.29) is 65.8 Å². The first-order valence-electron chi connectivity index (χ1n) is 11.7. The molecule has 0 radical (unpaired) electrons. The number of carbonyl (C=O) groups is 2. The summed E-state index contributed by atoms with van der Waals surface area (Å²) in [6.45, 7) is 9.13. The zero-order chi connectivity index (χ0) is 24.2. The molecule has 1 unspecified atom stereocenters. The zero-order valence-electron chi connectivity index (χ0n) is 20.9. The Labute approximate surface area is 219 Å². The minimum absolute atomic E-state index is 0. The van der Waals surface area contributed by atoms with Crippen LogP contribution in [0, 0.1) is 29.1 Å². The Hall–Kier alpha value is -0.700. The minimum atomic E-state index is -1.34. The van der Waals surface area contributed by atoms with E-state index in [2.05, 4.69) is 32.1 Å². The van der Waals surface area contributed by atoms with E-state index in [1.54, 1.807) is 20.8 Å². The molecule has 0 aromatic carbocycles. The molecule has 0 aliphatic heterocycles. The second kappa shape index (κ2) is 12.8. The molecule has 2 aliphatic rings. The van der Waals surface area contributed by atoms with Gasteiger partial charge in [0.1, 0.15) is 6.10 Å². The molecule has 8 heteroatoms. The average Bonchev–Trinajstić information content (AvgIpc) is 2.66. The predicted octanol–water partition coefficient (Wildman–Crippen LogP) is -1.25. The van der Waals surface area contributed by atoms with Crippen molar-refractivity contribution >= 4 is 11.9 Å². The van der Waals surface area contributed by atoms with Crippen LogP contribution in [0.4, 0.5) is 0 Å². The Kier molecular flexibility index (Phi) is 11.8. The number of aliphatic carboxylic acids is 1. The molecule has 2 rings (SSSR count). The Morgan fingerprint density at radius 1 is 1.21 bits per heavy atom. The number of ether oxygens (including phenoxy) is 1. The Balaban J connectivity index is 0.00000544. The van der Waals surface area contributed by atoms with Gasteiger partial charge in [-0.25, -0.2) is 0 Å². The largest absolute Gasteiger partial charge is 1.00 e. The summed E-state index contributed by atoms with van der Waals surface area (Å²) in [6, 6.07) is 0. The summed E-state index contributed by atoms with van der Waals surface area (Å²) < 4.78 is 6.00. The summed E-state index contributed by atoms with van der Waals surface area (Å²) in [4.78, 5) is 23.5. The summed E-state index contributed by atoms with van der Waals surface area (Å²) >= 11 is 0. The quantitative estimate of drug-likeness (QED) is 0.267. The second-order valence-electron chi connectivity index (χ2n) is 10.3. The van der Waals surface area contributed by atoms with E-state index >= 15 is 0 Å². The summed E-state index contributed by atoms with van der Waals surface area (Å²) in [6.07, 6.45) is 4.56. The number of esters is 1. The molecule has 33 heavy (non-hydrogen) atoms. The fourth-order valence-electron chi connectivity index (χ4n) is 4.77. The molecule has 0 saturated heterocycles. The fourth-order valence-corrected chi connectivity index (χ4v) is 4.77. The van der Waals surface area contributed by atoms with Crippen LogP contribution in [0.25, 0.3) is 0 Å². The number of carboxylic acid groups (broad SMARTS) is 1. The Bertz CT molecular complexity index is 730. The SMILES string of the molecule is CC(O)C(C)(C)C(=O)O[C@@H]1C[C@H](C)C=C2C=C[C@@H](C)[C@@H](CC[C@H](O)C[C@H](O)CC(=O)[O-])[C@@H]21.[Na+]. The molecule has 0 aromatic rings. The van der Waals surface area contributed by atoms with Gasteiger partial charge in [0.15, 0.2) is 0 Å². The van der Waals surface area contributed by atoms with Crippen molar-refractivity contribution in [2.75, 3.05) is 0 Å². The van der Waals surface area contributed by atoms with E-state index in [9.17, 15) is 30.0 Å². The van der Waals surface area contributed by atoms with Crippen molar-refractivity contribution in [1.82, 2.24) is 0 Å². The summed E-state index contributed by atoms with van der Waals surface area (Å²) in [5, 5.41) is 40.8. The van der Waals surface area contributed by atoms with Gasteiger partial charge in [-0.15, -0.1) is 0 Å². The van der Waals surface area contributed by atoms with Crippen LogP contribution in [0.5, 0.6) is 0 Å². The van der Waals surface area contributed by atoms with Crippen molar-refractivity contribution in [3.05, 3.63) is 23.8 Å². The maximum Gasteiger partial charge on any atom is 1.00 e. The van der Waals surface area contributed by atoms with E-state index in [0.29, 0.717) is 19.3 Å². The molecule has 182 valence electrons. The molecule has 0 aromatic heterocycles. The van der Waals surface area contributed by atoms with E-state index in [4.69, 9.17) is 4.74 Å². The number of rotatable bonds is 10. The van der Waals surface area contributed by atoms with Gasteiger partial charge in [-0.05, 0) is 69.8 Å². The molecule has 0 spiro atoms. The standard InChI is InChI=1S/C25H40O7.Na/c1-14-10-17-7-6-15(2)20(9-8-18(27)12-19(28)13-22(29)30)23(17)21(11-14)32-24(31)25(4,5)16(3)26;/h6-7,10,14-16,18-21,23,26-28H,8-9,11-13H2,1-5H3,(H,29,30);/q;+1/p-1/t14-,15-,16?,18+,19+,20-,21-,23-;/m1./s1. The third kappa shape index (κ3) is 8.18. The topological polar surface area (TPSA) is 127 Å². The van der Waals surface area contributed by atoms with Crippen molar-refractivity contribution < 1.29 is 64.3 Å². The third-order valence-electron chi connectivity index (χ3n) is 7.20. The number of hydrogen-bond donors (Lipinski definition) is 3. The number of fused-ring (bicyclic) bond motifs is 1. The van der Waals surface area contributed by atoms with Crippen molar-refractivity contribution in [1.29, 1.82) is 0 Å². The van der Waals surface area contributed by atoms with Crippen molar-refractivity contribution in [3.8, 4) is 0 Å². The van der Waals surface area contributed by atoms with Crippen LogP contribution in [0.2, 0.25) is 0 Å². The minimum Gasteiger partial charge on any atom is -0.550 e. The van der Waals surface area contributed by atoms with Crippen molar-refractivity contribution in [2.24, 2.45) is 29.1 Å². The van der Waals surface area contributed by atoms with Gasteiger partial charge in [-0.2, -0.15) is 0 Å². The van der Waals surface area contributed by atoms with Gasteiger partial charge >= 0.3 is 35.5 Å². The zero-order valence-corrected chi connectivity index (χ0v) is 22.9. The Morgan fingerprint density at radius 2 is 1.85 bits per heavy atom. The van der Waals surface area contributed by atoms with Gasteiger partial charge in [0, 0.05) is 18.3 Å². The monoisotopic (exact) mass is 474 g/mol. The van der Waals surface area contributed by atoms with Crippen molar-refractivity contribution in [2.45, 2.75) is 91.1 Å². The van der Waals surface area contributed by atoms with Gasteiger partial charge in [0.05, 0.1) is 23.7 Å². The van der Waals surface area contributed by atoms with Crippen LogP contribution in [0.1, 0.15) is 66.7 Å². The van der Waals surface area contributed by atoms with Crippen LogP contribution < -0.4 is 34.7 Å². The maximum atomic E-state index is 12.9. The number of allylic oxidation sites excluding steroid dienone is 3. The number of aliphatic hydroxyl groups excluding tert-OH is 3. The molecule has 0 saturated carbocycles. The summed E-state index contributed by atoms with van der Waals surface area (Å²) in [5.74, 6) is -1.20. The van der Waals surface area contributed by atoms with E-state index in [1.165, 1.54) is 0 Å². The second-order valence-corrected chi connectivity index (χ2v) is 10.3. The van der Waals surface area contributed by atoms with Crippen LogP contribution in [-0.2, 0) is 14.3 Å². The van der Waals surface area contributed by atoms with E-state index in [0.717, 1.165) is 5.57 Å². The first-order valence-corrected chi connectivity index (χ1v) is 11.7. The maximum absolute atomic E-state index is 12.9. The van der Waals surface area contributed by atoms with Gasteiger partial charge in [0.25, 0.3) is 0 Å². The number of carboxylic acids is 1. The third-order valence-corrected chi connectivity index (χ3v) is 7.20. The molecule has 0 heterocycles. The smallest absolute Gasteiger partial charge is 0.550 e. The molecular formula is C25H39NaO7. The molecule has 0 amide bonds. The normalized spacial score (nSPS) is 29.7. The first kappa shape index (κ1) is 30.3. The molecule has 3 N–H and O–H groups in total. The molecular weight excluding hydrogens is 435 g/mol. The number of carbonyl (C=O) groups excluding carboxylic acids is 2. The molecule has 7 nitrogen and oxygen atoms in total. The molecule has 2 aliphatic carbocycles. The number of hydrogen-bond acceptors (Lipinski definition) is 7. The number of aliphatic hydroxyl groups is 3. The first-order chi connectivity index (χ1) is 14.8. The molecule has 0 bridgehead atoms. The van der Waals surface area contributed by atoms with Gasteiger partial charge in [0.2, 0.25) is 0 Å². The fraction of sp³-hybridized carbons (Fsp3) is 0.760. The van der Waals surface area contributed by atoms with E-state index in [1.807, 2.05) is 0 Å². The molecule has 0 fully saturated rings.